The molecule has 3 aromatic rings. The zero-order valence-corrected chi connectivity index (χ0v) is 16.9. The topological polar surface area (TPSA) is 60.2 Å². The molecule has 4 rings (SSSR count). The Labute approximate surface area is 178 Å². The Morgan fingerprint density at radius 2 is 1.93 bits per heavy atom. The Morgan fingerprint density at radius 1 is 1.20 bits per heavy atom. The van der Waals surface area contributed by atoms with Crippen LogP contribution in [0.3, 0.4) is 0 Å². The van der Waals surface area contributed by atoms with Gasteiger partial charge in [0.05, 0.1) is 16.8 Å². The third kappa shape index (κ3) is 3.49. The first kappa shape index (κ1) is 19.9. The second-order valence-corrected chi connectivity index (χ2v) is 7.38. The lowest BCUT2D eigenvalue weighted by Gasteiger charge is -2.36. The third-order valence-corrected chi connectivity index (χ3v) is 5.61. The summed E-state index contributed by atoms with van der Waals surface area (Å²) in [4.78, 5) is 20.1. The van der Waals surface area contributed by atoms with Gasteiger partial charge in [0.15, 0.2) is 0 Å². The molecule has 0 saturated carbocycles. The van der Waals surface area contributed by atoms with Crippen LogP contribution in [-0.4, -0.2) is 42.0 Å². The Kier molecular flexibility index (Phi) is 5.39. The molecule has 0 unspecified atom stereocenters. The van der Waals surface area contributed by atoms with E-state index in [1.165, 1.54) is 18.3 Å². The molecule has 0 aliphatic carbocycles. The minimum absolute atomic E-state index is 0.104. The molecule has 0 spiro atoms. The number of benzene rings is 2. The van der Waals surface area contributed by atoms with Gasteiger partial charge in [0.25, 0.3) is 0 Å². The number of nitriles is 1. The lowest BCUT2D eigenvalue weighted by Crippen LogP contribution is -2.48. The van der Waals surface area contributed by atoms with Gasteiger partial charge in [0.1, 0.15) is 11.9 Å². The van der Waals surface area contributed by atoms with E-state index in [-0.39, 0.29) is 11.7 Å². The van der Waals surface area contributed by atoms with Crippen LogP contribution in [0.25, 0.3) is 22.0 Å². The molecule has 1 fully saturated rings. The van der Waals surface area contributed by atoms with Gasteiger partial charge in [-0.05, 0) is 24.3 Å². The summed E-state index contributed by atoms with van der Waals surface area (Å²) in [6.07, 6.45) is 2.83. The maximum Gasteiger partial charge on any atom is 0.246 e. The number of carbonyl (C=O) groups excluding carboxylic acids is 1. The van der Waals surface area contributed by atoms with Gasteiger partial charge in [-0.1, -0.05) is 36.4 Å². The number of hydrogen-bond acceptors (Lipinski definition) is 4. The van der Waals surface area contributed by atoms with E-state index in [9.17, 15) is 14.4 Å². The fourth-order valence-electron chi connectivity index (χ4n) is 3.79. The van der Waals surface area contributed by atoms with Crippen molar-refractivity contribution in [2.75, 3.05) is 31.1 Å². The van der Waals surface area contributed by atoms with Gasteiger partial charge < -0.3 is 9.80 Å². The predicted octanol–water partition coefficient (Wildman–Crippen LogP) is 4.40. The first-order valence-corrected chi connectivity index (χ1v) is 9.85. The van der Waals surface area contributed by atoms with Gasteiger partial charge in [-0.25, -0.2) is 4.39 Å². The number of nitrogens with zero attached hydrogens (tertiary/aromatic N) is 4. The van der Waals surface area contributed by atoms with Crippen LogP contribution in [0.4, 0.5) is 10.1 Å². The molecule has 150 valence electrons. The van der Waals surface area contributed by atoms with Crippen LogP contribution >= 0.6 is 11.6 Å². The van der Waals surface area contributed by atoms with Crippen molar-refractivity contribution in [1.82, 2.24) is 9.88 Å². The van der Waals surface area contributed by atoms with E-state index in [4.69, 9.17) is 11.6 Å². The summed E-state index contributed by atoms with van der Waals surface area (Å²) in [5, 5.41) is 10.8. The minimum Gasteiger partial charge on any atom is -0.366 e. The number of fused-ring (bicyclic) bond motifs is 1. The Morgan fingerprint density at radius 3 is 2.60 bits per heavy atom. The molecule has 0 N–H and O–H groups in total. The zero-order valence-electron chi connectivity index (χ0n) is 16.1. The Balaban J connectivity index is 1.79. The molecule has 2 aromatic carbocycles. The number of amides is 1. The molecule has 0 bridgehead atoms. The first-order chi connectivity index (χ1) is 14.5. The van der Waals surface area contributed by atoms with Crippen LogP contribution in [0.5, 0.6) is 0 Å². The Bertz CT molecular complexity index is 1200. The highest BCUT2D eigenvalue weighted by Crippen LogP contribution is 2.37. The van der Waals surface area contributed by atoms with E-state index in [1.54, 1.807) is 35.2 Å². The van der Waals surface area contributed by atoms with E-state index in [2.05, 4.69) is 22.5 Å². The maximum atomic E-state index is 14.3. The average molecular weight is 421 g/mol. The standard InChI is InChI=1S/C23H18ClFN4O/c1-2-22(30)28-7-9-29(10-8-28)23-15(13-26)14-27-21-12-17(19(24)11-18(21)23)16-5-3-4-6-20(16)25/h2-6,11-12,14H,1,7-10H2. The lowest BCUT2D eigenvalue weighted by molar-refractivity contribution is -0.126. The van der Waals surface area contributed by atoms with E-state index in [0.717, 1.165) is 11.1 Å². The summed E-state index contributed by atoms with van der Waals surface area (Å²) in [5.74, 6) is -0.469. The smallest absolute Gasteiger partial charge is 0.246 e. The second-order valence-electron chi connectivity index (χ2n) is 6.98. The average Bonchev–Trinajstić information content (AvgIpc) is 2.78. The van der Waals surface area contributed by atoms with Crippen molar-refractivity contribution in [2.24, 2.45) is 0 Å². The van der Waals surface area contributed by atoms with Crippen molar-refractivity contribution in [3.63, 3.8) is 0 Å². The molecule has 1 saturated heterocycles. The number of anilines is 1. The van der Waals surface area contributed by atoms with E-state index in [1.807, 2.05) is 0 Å². The zero-order chi connectivity index (χ0) is 21.3. The largest absolute Gasteiger partial charge is 0.366 e. The van der Waals surface area contributed by atoms with Crippen molar-refractivity contribution in [1.29, 1.82) is 5.26 Å². The molecule has 0 atom stereocenters. The monoisotopic (exact) mass is 420 g/mol. The summed E-state index contributed by atoms with van der Waals surface area (Å²) in [6.45, 7) is 5.73. The van der Waals surface area contributed by atoms with Crippen LogP contribution in [0.15, 0.2) is 55.3 Å². The molecule has 0 radical (unpaired) electrons. The van der Waals surface area contributed by atoms with Crippen LogP contribution in [0, 0.1) is 17.1 Å². The van der Waals surface area contributed by atoms with Crippen molar-refractivity contribution >= 4 is 34.1 Å². The fraction of sp³-hybridized carbons (Fsp3) is 0.174. The van der Waals surface area contributed by atoms with Gasteiger partial charge in [-0.2, -0.15) is 5.26 Å². The summed E-state index contributed by atoms with van der Waals surface area (Å²) in [6, 6.07) is 12.1. The molecule has 30 heavy (non-hydrogen) atoms. The third-order valence-electron chi connectivity index (χ3n) is 5.30. The Hall–Kier alpha value is -3.43. The van der Waals surface area contributed by atoms with Crippen LogP contribution in [0.1, 0.15) is 5.56 Å². The lowest BCUT2D eigenvalue weighted by atomic mass is 10.0. The van der Waals surface area contributed by atoms with Crippen LogP contribution in [-0.2, 0) is 4.79 Å². The maximum absolute atomic E-state index is 14.3. The predicted molar refractivity (Wildman–Crippen MR) is 116 cm³/mol. The minimum atomic E-state index is -0.365. The molecule has 2 heterocycles. The number of hydrogen-bond donors (Lipinski definition) is 0. The fourth-order valence-corrected chi connectivity index (χ4v) is 4.05. The van der Waals surface area contributed by atoms with Gasteiger partial charge in [-0.3, -0.25) is 9.78 Å². The molecule has 1 aliphatic rings. The molecular weight excluding hydrogens is 403 g/mol. The highest BCUT2D eigenvalue weighted by Gasteiger charge is 2.24. The van der Waals surface area contributed by atoms with Crippen LogP contribution < -0.4 is 4.90 Å². The van der Waals surface area contributed by atoms with E-state index in [0.29, 0.717) is 53.4 Å². The molecular formula is C23H18ClFN4O. The summed E-state index contributed by atoms with van der Waals surface area (Å²) in [5.41, 5.74) is 2.73. The first-order valence-electron chi connectivity index (χ1n) is 9.47. The van der Waals surface area contributed by atoms with Gasteiger partial charge in [0.2, 0.25) is 5.91 Å². The molecule has 1 aromatic heterocycles. The number of aromatic nitrogens is 1. The molecule has 1 amide bonds. The highest BCUT2D eigenvalue weighted by atomic mass is 35.5. The number of rotatable bonds is 3. The SMILES string of the molecule is C=CC(=O)N1CCN(c2c(C#N)cnc3cc(-c4ccccc4F)c(Cl)cc23)CC1. The van der Waals surface area contributed by atoms with Gasteiger partial charge in [0, 0.05) is 53.9 Å². The van der Waals surface area contributed by atoms with E-state index >= 15 is 0 Å². The number of halogens is 2. The summed E-state index contributed by atoms with van der Waals surface area (Å²) in [7, 11) is 0. The van der Waals surface area contributed by atoms with Gasteiger partial charge in [-0.15, -0.1) is 0 Å². The molecule has 7 heteroatoms. The second kappa shape index (κ2) is 8.13. The van der Waals surface area contributed by atoms with Crippen molar-refractivity contribution in [3.8, 4) is 17.2 Å². The van der Waals surface area contributed by atoms with Crippen molar-refractivity contribution in [3.05, 3.63) is 71.7 Å². The molecule has 1 aliphatic heterocycles. The highest BCUT2D eigenvalue weighted by molar-refractivity contribution is 6.34. The number of piperazine rings is 1. The van der Waals surface area contributed by atoms with Gasteiger partial charge >= 0.3 is 0 Å². The summed E-state index contributed by atoms with van der Waals surface area (Å²) >= 11 is 6.54. The number of carbonyl (C=O) groups is 1. The van der Waals surface area contributed by atoms with Crippen molar-refractivity contribution < 1.29 is 9.18 Å². The van der Waals surface area contributed by atoms with Crippen molar-refractivity contribution in [2.45, 2.75) is 0 Å². The van der Waals surface area contributed by atoms with E-state index < -0.39 is 0 Å². The van der Waals surface area contributed by atoms with Crippen LogP contribution in [0.2, 0.25) is 5.02 Å². The quantitative estimate of drug-likeness (QED) is 0.589. The molecule has 5 nitrogen and oxygen atoms in total. The number of pyridine rings is 1. The normalized spacial score (nSPS) is 13.9. The summed E-state index contributed by atoms with van der Waals surface area (Å²) < 4.78 is 14.3.